The lowest BCUT2D eigenvalue weighted by Gasteiger charge is -2.31. The first-order valence-corrected chi connectivity index (χ1v) is 10.8. The lowest BCUT2D eigenvalue weighted by atomic mass is 9.96. The summed E-state index contributed by atoms with van der Waals surface area (Å²) in [6.07, 6.45) is 2.13. The highest BCUT2D eigenvalue weighted by atomic mass is 32.1. The zero-order chi connectivity index (χ0) is 19.8. The van der Waals surface area contributed by atoms with E-state index in [4.69, 9.17) is 9.40 Å². The van der Waals surface area contributed by atoms with Crippen LogP contribution in [0.15, 0.2) is 46.2 Å². The third-order valence-electron chi connectivity index (χ3n) is 5.59. The zero-order valence-electron chi connectivity index (χ0n) is 16.2. The minimum atomic E-state index is 0.113. The molecule has 1 aliphatic rings. The van der Waals surface area contributed by atoms with E-state index in [1.807, 2.05) is 47.5 Å². The van der Waals surface area contributed by atoms with Gasteiger partial charge in [0.05, 0.1) is 28.0 Å². The number of imidazole rings is 1. The number of aryl methyl sites for hydroxylation is 1. The lowest BCUT2D eigenvalue weighted by Crippen LogP contribution is -2.39. The average molecular weight is 407 g/mol. The number of aromatic amines is 1. The summed E-state index contributed by atoms with van der Waals surface area (Å²) < 4.78 is 5.77. The first-order chi connectivity index (χ1) is 14.2. The Hall–Kier alpha value is -2.93. The van der Waals surface area contributed by atoms with E-state index in [9.17, 15) is 4.79 Å². The molecular formula is C22H22N4O2S. The average Bonchev–Trinajstić information content (AvgIpc) is 3.48. The van der Waals surface area contributed by atoms with Gasteiger partial charge in [-0.25, -0.2) is 9.97 Å². The Morgan fingerprint density at radius 3 is 2.79 bits per heavy atom. The second-order valence-corrected chi connectivity index (χ2v) is 8.42. The summed E-state index contributed by atoms with van der Waals surface area (Å²) in [6, 6.07) is 12.0. The van der Waals surface area contributed by atoms with Crippen molar-refractivity contribution in [2.24, 2.45) is 0 Å². The number of amides is 1. The molecule has 29 heavy (non-hydrogen) atoms. The van der Waals surface area contributed by atoms with Crippen LogP contribution in [0.1, 0.15) is 36.0 Å². The highest BCUT2D eigenvalue weighted by Gasteiger charge is 2.27. The molecule has 1 amide bonds. The normalized spacial score (nSPS) is 15.3. The molecule has 7 heteroatoms. The summed E-state index contributed by atoms with van der Waals surface area (Å²) in [5.74, 6) is 2.84. The molecule has 1 N–H and O–H groups in total. The Kier molecular flexibility index (Phi) is 4.67. The van der Waals surface area contributed by atoms with E-state index in [0.717, 1.165) is 59.1 Å². The number of piperidine rings is 1. The van der Waals surface area contributed by atoms with Gasteiger partial charge in [-0.2, -0.15) is 0 Å². The molecule has 5 rings (SSSR count). The fourth-order valence-electron chi connectivity index (χ4n) is 3.92. The molecule has 1 fully saturated rings. The van der Waals surface area contributed by atoms with Gasteiger partial charge in [0.15, 0.2) is 0 Å². The maximum Gasteiger partial charge on any atom is 0.236 e. The minimum absolute atomic E-state index is 0.113. The Balaban J connectivity index is 1.22. The SMILES string of the molecule is Cc1oc(-c2cccs2)nc1CC(=O)N1CCC(c2nc3ccccc3[nH]2)CC1. The number of aromatic nitrogens is 3. The van der Waals surface area contributed by atoms with Crippen LogP contribution >= 0.6 is 11.3 Å². The molecule has 0 radical (unpaired) electrons. The van der Waals surface area contributed by atoms with Crippen molar-refractivity contribution < 1.29 is 9.21 Å². The third-order valence-corrected chi connectivity index (χ3v) is 6.44. The van der Waals surface area contributed by atoms with Gasteiger partial charge in [-0.15, -0.1) is 11.3 Å². The second-order valence-electron chi connectivity index (χ2n) is 7.47. The van der Waals surface area contributed by atoms with E-state index >= 15 is 0 Å². The molecule has 1 aliphatic heterocycles. The van der Waals surface area contributed by atoms with Crippen molar-refractivity contribution in [2.75, 3.05) is 13.1 Å². The quantitative estimate of drug-likeness (QED) is 0.540. The number of para-hydroxylation sites is 2. The van der Waals surface area contributed by atoms with E-state index in [0.29, 0.717) is 11.8 Å². The molecule has 6 nitrogen and oxygen atoms in total. The van der Waals surface area contributed by atoms with Crippen LogP contribution in [0.5, 0.6) is 0 Å². The van der Waals surface area contributed by atoms with Crippen LogP contribution in [0.2, 0.25) is 0 Å². The maximum atomic E-state index is 12.8. The van der Waals surface area contributed by atoms with Gasteiger partial charge >= 0.3 is 0 Å². The highest BCUT2D eigenvalue weighted by molar-refractivity contribution is 7.13. The van der Waals surface area contributed by atoms with Gasteiger partial charge in [-0.1, -0.05) is 18.2 Å². The van der Waals surface area contributed by atoms with E-state index in [1.54, 1.807) is 11.3 Å². The van der Waals surface area contributed by atoms with Crippen LogP contribution in [0.3, 0.4) is 0 Å². The summed E-state index contributed by atoms with van der Waals surface area (Å²) >= 11 is 1.58. The van der Waals surface area contributed by atoms with Crippen LogP contribution < -0.4 is 0 Å². The van der Waals surface area contributed by atoms with E-state index in [2.05, 4.69) is 16.0 Å². The molecule has 0 aliphatic carbocycles. The number of hydrogen-bond donors (Lipinski definition) is 1. The molecule has 1 aromatic carbocycles. The second kappa shape index (κ2) is 7.48. The topological polar surface area (TPSA) is 75.0 Å². The van der Waals surface area contributed by atoms with E-state index < -0.39 is 0 Å². The summed E-state index contributed by atoms with van der Waals surface area (Å²) in [5, 5.41) is 1.99. The number of likely N-dealkylation sites (tertiary alicyclic amines) is 1. The van der Waals surface area contributed by atoms with E-state index in [1.165, 1.54) is 0 Å². The molecule has 4 heterocycles. The first kappa shape index (κ1) is 18.1. The molecule has 0 saturated carbocycles. The van der Waals surface area contributed by atoms with Crippen molar-refractivity contribution in [3.63, 3.8) is 0 Å². The number of carbonyl (C=O) groups excluding carboxylic acids is 1. The van der Waals surface area contributed by atoms with Crippen LogP contribution in [-0.2, 0) is 11.2 Å². The Morgan fingerprint density at radius 1 is 1.21 bits per heavy atom. The van der Waals surface area contributed by atoms with Gasteiger partial charge in [0.2, 0.25) is 11.8 Å². The molecule has 0 spiro atoms. The van der Waals surface area contributed by atoms with Crippen molar-refractivity contribution in [3.8, 4) is 10.8 Å². The molecule has 0 unspecified atom stereocenters. The number of nitrogens with zero attached hydrogens (tertiary/aromatic N) is 3. The van der Waals surface area contributed by atoms with Gasteiger partial charge in [0.1, 0.15) is 11.6 Å². The molecule has 3 aromatic heterocycles. The number of thiophene rings is 1. The zero-order valence-corrected chi connectivity index (χ0v) is 17.0. The van der Waals surface area contributed by atoms with Crippen molar-refractivity contribution >= 4 is 28.3 Å². The lowest BCUT2D eigenvalue weighted by molar-refractivity contribution is -0.131. The predicted molar refractivity (Wildman–Crippen MR) is 113 cm³/mol. The molecule has 148 valence electrons. The highest BCUT2D eigenvalue weighted by Crippen LogP contribution is 2.29. The van der Waals surface area contributed by atoms with Crippen LogP contribution in [0.25, 0.3) is 21.8 Å². The number of carbonyl (C=O) groups is 1. The van der Waals surface area contributed by atoms with Crippen LogP contribution in [-0.4, -0.2) is 38.8 Å². The third kappa shape index (κ3) is 3.58. The summed E-state index contributed by atoms with van der Waals surface area (Å²) in [4.78, 5) is 28.5. The number of nitrogens with one attached hydrogen (secondary N) is 1. The fraction of sp³-hybridized carbons (Fsp3) is 0.318. The van der Waals surface area contributed by atoms with Gasteiger partial charge in [0.25, 0.3) is 0 Å². The summed E-state index contributed by atoms with van der Waals surface area (Å²) in [7, 11) is 0. The van der Waals surface area contributed by atoms with Gasteiger partial charge in [-0.05, 0) is 43.3 Å². The largest absolute Gasteiger partial charge is 0.440 e. The first-order valence-electron chi connectivity index (χ1n) is 9.90. The van der Waals surface area contributed by atoms with Gasteiger partial charge in [0, 0.05) is 19.0 Å². The fourth-order valence-corrected chi connectivity index (χ4v) is 4.57. The van der Waals surface area contributed by atoms with Gasteiger partial charge < -0.3 is 14.3 Å². The summed E-state index contributed by atoms with van der Waals surface area (Å²) in [5.41, 5.74) is 2.81. The Labute approximate surface area is 172 Å². The smallest absolute Gasteiger partial charge is 0.236 e. The number of H-pyrrole nitrogens is 1. The number of benzene rings is 1. The number of oxazole rings is 1. The number of rotatable bonds is 4. The predicted octanol–water partition coefficient (Wildman–Crippen LogP) is 4.54. The molecular weight excluding hydrogens is 384 g/mol. The van der Waals surface area contributed by atoms with Crippen molar-refractivity contribution in [2.45, 2.75) is 32.1 Å². The number of hydrogen-bond acceptors (Lipinski definition) is 5. The van der Waals surface area contributed by atoms with Crippen LogP contribution in [0.4, 0.5) is 0 Å². The molecule has 1 saturated heterocycles. The van der Waals surface area contributed by atoms with E-state index in [-0.39, 0.29) is 12.3 Å². The van der Waals surface area contributed by atoms with Crippen molar-refractivity contribution in [3.05, 3.63) is 59.1 Å². The van der Waals surface area contributed by atoms with Crippen molar-refractivity contribution in [1.29, 1.82) is 0 Å². The maximum absolute atomic E-state index is 12.8. The molecule has 0 atom stereocenters. The Bertz CT molecular complexity index is 1100. The molecule has 4 aromatic rings. The number of fused-ring (bicyclic) bond motifs is 1. The minimum Gasteiger partial charge on any atom is -0.440 e. The van der Waals surface area contributed by atoms with Gasteiger partial charge in [-0.3, -0.25) is 4.79 Å². The monoisotopic (exact) mass is 406 g/mol. The molecule has 0 bridgehead atoms. The van der Waals surface area contributed by atoms with Crippen LogP contribution in [0, 0.1) is 6.92 Å². The van der Waals surface area contributed by atoms with Crippen molar-refractivity contribution in [1.82, 2.24) is 19.9 Å². The summed E-state index contributed by atoms with van der Waals surface area (Å²) in [6.45, 7) is 3.37. The Morgan fingerprint density at radius 2 is 2.03 bits per heavy atom. The standard InChI is InChI=1S/C22H22N4O2S/c1-14-18(25-22(28-14)19-7-4-12-29-19)13-20(27)26-10-8-15(9-11-26)21-23-16-5-2-3-6-17(16)24-21/h2-7,12,15H,8-11,13H2,1H3,(H,23,24).